The molecular weight excluding hydrogens is 266 g/mol. The molecule has 0 aromatic heterocycles. The highest BCUT2D eigenvalue weighted by molar-refractivity contribution is 5.94. The van der Waals surface area contributed by atoms with E-state index >= 15 is 0 Å². The summed E-state index contributed by atoms with van der Waals surface area (Å²) in [6.07, 6.45) is 0.924. The first-order chi connectivity index (χ1) is 10.1. The lowest BCUT2D eigenvalue weighted by molar-refractivity contribution is -0.128. The molecule has 0 saturated carbocycles. The van der Waals surface area contributed by atoms with Gasteiger partial charge in [0.25, 0.3) is 0 Å². The highest BCUT2D eigenvalue weighted by Crippen LogP contribution is 2.15. The fourth-order valence-corrected chi connectivity index (χ4v) is 2.28. The zero-order valence-electron chi connectivity index (χ0n) is 12.6. The molecule has 3 N–H and O–H groups in total. The van der Waals surface area contributed by atoms with E-state index in [4.69, 9.17) is 0 Å². The van der Waals surface area contributed by atoms with Crippen molar-refractivity contribution in [3.05, 3.63) is 29.8 Å². The van der Waals surface area contributed by atoms with Gasteiger partial charge in [0.2, 0.25) is 11.8 Å². The minimum atomic E-state index is -0.199. The summed E-state index contributed by atoms with van der Waals surface area (Å²) < 4.78 is 0. The van der Waals surface area contributed by atoms with Crippen LogP contribution in [0.2, 0.25) is 0 Å². The third-order valence-corrected chi connectivity index (χ3v) is 3.98. The quantitative estimate of drug-likeness (QED) is 0.736. The van der Waals surface area contributed by atoms with Crippen LogP contribution in [0.25, 0.3) is 0 Å². The second-order valence-electron chi connectivity index (χ2n) is 5.53. The minimum absolute atomic E-state index is 0.0136. The van der Waals surface area contributed by atoms with Crippen LogP contribution in [0, 0.1) is 11.8 Å². The third-order valence-electron chi connectivity index (χ3n) is 3.98. The van der Waals surface area contributed by atoms with E-state index in [1.54, 1.807) is 0 Å². The SMILES string of the molecule is CCc1cccc(NC(=O)CNC(=O)C(C)C2CNC2)c1. The summed E-state index contributed by atoms with van der Waals surface area (Å²) >= 11 is 0. The van der Waals surface area contributed by atoms with Gasteiger partial charge in [-0.25, -0.2) is 0 Å². The van der Waals surface area contributed by atoms with E-state index in [1.165, 1.54) is 5.56 Å². The van der Waals surface area contributed by atoms with Crippen LogP contribution in [0.4, 0.5) is 5.69 Å². The number of amides is 2. The number of benzene rings is 1. The topological polar surface area (TPSA) is 70.2 Å². The minimum Gasteiger partial charge on any atom is -0.347 e. The Balaban J connectivity index is 1.77. The number of hydrogen-bond acceptors (Lipinski definition) is 3. The van der Waals surface area contributed by atoms with E-state index in [1.807, 2.05) is 31.2 Å². The van der Waals surface area contributed by atoms with Gasteiger partial charge >= 0.3 is 0 Å². The molecule has 21 heavy (non-hydrogen) atoms. The van der Waals surface area contributed by atoms with Crippen molar-refractivity contribution in [3.63, 3.8) is 0 Å². The summed E-state index contributed by atoms with van der Waals surface area (Å²) in [4.78, 5) is 23.8. The van der Waals surface area contributed by atoms with Crippen molar-refractivity contribution in [2.45, 2.75) is 20.3 Å². The number of anilines is 1. The molecule has 1 aliphatic rings. The molecule has 0 spiro atoms. The predicted molar refractivity (Wildman–Crippen MR) is 83.0 cm³/mol. The van der Waals surface area contributed by atoms with Crippen molar-refractivity contribution in [3.8, 4) is 0 Å². The molecule has 5 nitrogen and oxygen atoms in total. The van der Waals surface area contributed by atoms with Gasteiger partial charge in [-0.2, -0.15) is 0 Å². The molecule has 1 heterocycles. The Kier molecular flexibility index (Phi) is 5.33. The second kappa shape index (κ2) is 7.22. The molecule has 5 heteroatoms. The predicted octanol–water partition coefficient (Wildman–Crippen LogP) is 1.16. The Bertz CT molecular complexity index is 512. The molecule has 2 amide bonds. The number of carbonyl (C=O) groups is 2. The first-order valence-electron chi connectivity index (χ1n) is 7.47. The number of rotatable bonds is 6. The van der Waals surface area contributed by atoms with E-state index in [0.717, 1.165) is 25.2 Å². The summed E-state index contributed by atoms with van der Waals surface area (Å²) in [5.41, 5.74) is 1.94. The Labute approximate surface area is 125 Å². The molecule has 1 atom stereocenters. The molecule has 114 valence electrons. The summed E-state index contributed by atoms with van der Waals surface area (Å²) in [7, 11) is 0. The molecule has 1 unspecified atom stereocenters. The zero-order chi connectivity index (χ0) is 15.2. The van der Waals surface area contributed by atoms with Crippen LogP contribution < -0.4 is 16.0 Å². The number of aryl methyl sites for hydroxylation is 1. The van der Waals surface area contributed by atoms with E-state index in [-0.39, 0.29) is 24.3 Å². The second-order valence-corrected chi connectivity index (χ2v) is 5.53. The Morgan fingerprint density at radius 3 is 2.76 bits per heavy atom. The number of hydrogen-bond donors (Lipinski definition) is 3. The van der Waals surface area contributed by atoms with Gasteiger partial charge in [0.15, 0.2) is 0 Å². The highest BCUT2D eigenvalue weighted by atomic mass is 16.2. The largest absolute Gasteiger partial charge is 0.347 e. The molecule has 0 bridgehead atoms. The van der Waals surface area contributed by atoms with Crippen molar-refractivity contribution in [2.24, 2.45) is 11.8 Å². The molecule has 1 saturated heterocycles. The molecular formula is C16H23N3O2. The molecule has 1 aliphatic heterocycles. The van der Waals surface area contributed by atoms with Gasteiger partial charge in [-0.3, -0.25) is 9.59 Å². The summed E-state index contributed by atoms with van der Waals surface area (Å²) in [5, 5.41) is 8.65. The normalized spacial score (nSPS) is 15.9. The van der Waals surface area contributed by atoms with Gasteiger partial charge < -0.3 is 16.0 Å². The van der Waals surface area contributed by atoms with Gasteiger partial charge in [0.1, 0.15) is 0 Å². The average molecular weight is 289 g/mol. The number of nitrogens with one attached hydrogen (secondary N) is 3. The summed E-state index contributed by atoms with van der Waals surface area (Å²) in [6, 6.07) is 7.73. The van der Waals surface area contributed by atoms with Crippen molar-refractivity contribution >= 4 is 17.5 Å². The van der Waals surface area contributed by atoms with Crippen LogP contribution in [0.3, 0.4) is 0 Å². The molecule has 0 radical (unpaired) electrons. The third kappa shape index (κ3) is 4.29. The van der Waals surface area contributed by atoms with E-state index in [0.29, 0.717) is 5.92 Å². The van der Waals surface area contributed by atoms with E-state index in [9.17, 15) is 9.59 Å². The van der Waals surface area contributed by atoms with E-state index in [2.05, 4.69) is 22.9 Å². The Morgan fingerprint density at radius 1 is 1.38 bits per heavy atom. The van der Waals surface area contributed by atoms with Gasteiger partial charge in [-0.1, -0.05) is 26.0 Å². The summed E-state index contributed by atoms with van der Waals surface area (Å²) in [6.45, 7) is 5.75. The first kappa shape index (κ1) is 15.5. The smallest absolute Gasteiger partial charge is 0.243 e. The lowest BCUT2D eigenvalue weighted by atomic mass is 9.88. The maximum absolute atomic E-state index is 11.9. The monoisotopic (exact) mass is 289 g/mol. The van der Waals surface area contributed by atoms with Crippen LogP contribution in [-0.2, 0) is 16.0 Å². The molecule has 2 rings (SSSR count). The van der Waals surface area contributed by atoms with Gasteiger partial charge in [0.05, 0.1) is 6.54 Å². The van der Waals surface area contributed by atoms with Crippen LogP contribution >= 0.6 is 0 Å². The maximum Gasteiger partial charge on any atom is 0.243 e. The van der Waals surface area contributed by atoms with Gasteiger partial charge in [-0.05, 0) is 43.1 Å². The van der Waals surface area contributed by atoms with Crippen LogP contribution in [0.1, 0.15) is 19.4 Å². The molecule has 1 fully saturated rings. The fraction of sp³-hybridized carbons (Fsp3) is 0.500. The zero-order valence-corrected chi connectivity index (χ0v) is 12.6. The Hall–Kier alpha value is -1.88. The molecule has 0 aliphatic carbocycles. The van der Waals surface area contributed by atoms with Crippen molar-refractivity contribution in [2.75, 3.05) is 25.0 Å². The summed E-state index contributed by atoms with van der Waals surface area (Å²) in [5.74, 6) is 0.0752. The average Bonchev–Trinajstić information content (AvgIpc) is 2.43. The van der Waals surface area contributed by atoms with Crippen molar-refractivity contribution < 1.29 is 9.59 Å². The van der Waals surface area contributed by atoms with Crippen LogP contribution in [0.15, 0.2) is 24.3 Å². The van der Waals surface area contributed by atoms with Gasteiger partial charge in [-0.15, -0.1) is 0 Å². The lowest BCUT2D eigenvalue weighted by Gasteiger charge is -2.31. The van der Waals surface area contributed by atoms with Crippen molar-refractivity contribution in [1.29, 1.82) is 0 Å². The number of carbonyl (C=O) groups excluding carboxylic acids is 2. The fourth-order valence-electron chi connectivity index (χ4n) is 2.28. The highest BCUT2D eigenvalue weighted by Gasteiger charge is 2.28. The first-order valence-corrected chi connectivity index (χ1v) is 7.47. The van der Waals surface area contributed by atoms with Gasteiger partial charge in [0, 0.05) is 11.6 Å². The maximum atomic E-state index is 11.9. The van der Waals surface area contributed by atoms with Crippen LogP contribution in [0.5, 0.6) is 0 Å². The lowest BCUT2D eigenvalue weighted by Crippen LogP contribution is -2.50. The Morgan fingerprint density at radius 2 is 2.14 bits per heavy atom. The molecule has 1 aromatic carbocycles. The van der Waals surface area contributed by atoms with E-state index < -0.39 is 0 Å². The standard InChI is InChI=1S/C16H23N3O2/c1-3-12-5-4-6-14(7-12)19-15(20)10-18-16(21)11(2)13-8-17-9-13/h4-7,11,13,17H,3,8-10H2,1-2H3,(H,18,21)(H,19,20). The van der Waals surface area contributed by atoms with Crippen LogP contribution in [-0.4, -0.2) is 31.4 Å². The molecule has 1 aromatic rings. The van der Waals surface area contributed by atoms with Crippen molar-refractivity contribution in [1.82, 2.24) is 10.6 Å².